The highest BCUT2D eigenvalue weighted by atomic mass is 32.2. The molecule has 5 heterocycles. The summed E-state index contributed by atoms with van der Waals surface area (Å²) in [4.78, 5) is 40.2. The third kappa shape index (κ3) is 5.43. The molecule has 1 amide bonds. The van der Waals surface area contributed by atoms with Crippen LogP contribution in [0.15, 0.2) is 72.0 Å². The van der Waals surface area contributed by atoms with Gasteiger partial charge in [0, 0.05) is 42.4 Å². The molecule has 3 saturated heterocycles. The first-order valence-corrected chi connectivity index (χ1v) is 15.1. The molecule has 7 rings (SSSR count). The molecule has 0 spiro atoms. The summed E-state index contributed by atoms with van der Waals surface area (Å²) in [5, 5.41) is 0.743. The van der Waals surface area contributed by atoms with Crippen LogP contribution in [0, 0.1) is 11.6 Å². The number of ketones is 1. The number of allylic oxidation sites excluding steroid dienone is 1. The van der Waals surface area contributed by atoms with Gasteiger partial charge >= 0.3 is 0 Å². The van der Waals surface area contributed by atoms with E-state index in [0.29, 0.717) is 41.6 Å². The molecule has 0 aliphatic carbocycles. The molecule has 2 aromatic heterocycles. The lowest BCUT2D eigenvalue weighted by Crippen LogP contribution is -2.70. The number of nitrogens with one attached hydrogen (secondary N) is 1. The number of amides is 1. The van der Waals surface area contributed by atoms with Crippen LogP contribution in [-0.4, -0.2) is 72.2 Å². The van der Waals surface area contributed by atoms with Crippen LogP contribution >= 0.6 is 0 Å². The summed E-state index contributed by atoms with van der Waals surface area (Å²) in [5.41, 5.74) is 1.84. The van der Waals surface area contributed by atoms with E-state index in [1.165, 1.54) is 44.8 Å². The van der Waals surface area contributed by atoms with E-state index < -0.39 is 26.6 Å². The number of halogens is 2. The number of piperazine rings is 1. The Morgan fingerprint density at radius 1 is 1.00 bits per heavy atom. The number of piperidine rings is 1. The number of fused-ring (bicyclic) bond motifs is 3. The molecule has 0 radical (unpaired) electrons. The van der Waals surface area contributed by atoms with E-state index in [9.17, 15) is 26.8 Å². The lowest BCUT2D eigenvalue weighted by molar-refractivity contribution is -0.140. The number of nitrogens with zero attached hydrogens (tertiary/aromatic N) is 5. The molecule has 2 aromatic carbocycles. The molecule has 2 unspecified atom stereocenters. The van der Waals surface area contributed by atoms with Crippen molar-refractivity contribution in [2.75, 3.05) is 29.8 Å². The van der Waals surface area contributed by atoms with Crippen molar-refractivity contribution in [3.05, 3.63) is 78.8 Å². The summed E-state index contributed by atoms with van der Waals surface area (Å²) in [6.45, 7) is 2.51. The van der Waals surface area contributed by atoms with Crippen molar-refractivity contribution in [1.29, 1.82) is 0 Å². The van der Waals surface area contributed by atoms with Gasteiger partial charge in [0.05, 0.1) is 24.7 Å². The summed E-state index contributed by atoms with van der Waals surface area (Å²) in [6, 6.07) is 9.13. The van der Waals surface area contributed by atoms with Crippen molar-refractivity contribution >= 4 is 44.1 Å². The van der Waals surface area contributed by atoms with E-state index in [1.807, 2.05) is 12.1 Å². The van der Waals surface area contributed by atoms with Gasteiger partial charge in [-0.2, -0.15) is 0 Å². The van der Waals surface area contributed by atoms with E-state index in [4.69, 9.17) is 4.74 Å². The number of aromatic nitrogens is 3. The first-order chi connectivity index (χ1) is 21.0. The molecule has 44 heavy (non-hydrogen) atoms. The molecule has 11 nitrogen and oxygen atoms in total. The van der Waals surface area contributed by atoms with Crippen LogP contribution < -0.4 is 14.4 Å². The summed E-state index contributed by atoms with van der Waals surface area (Å²) < 4.78 is 61.2. The molecular formula is C30H26F2N6O5S. The lowest BCUT2D eigenvalue weighted by atomic mass is 9.87. The number of ether oxygens (including phenoxy) is 1. The monoisotopic (exact) mass is 620 g/mol. The van der Waals surface area contributed by atoms with Crippen LogP contribution in [0.2, 0.25) is 0 Å². The van der Waals surface area contributed by atoms with Crippen molar-refractivity contribution < 1.29 is 31.5 Å². The lowest BCUT2D eigenvalue weighted by Gasteiger charge is -2.56. The minimum Gasteiger partial charge on any atom is -0.480 e. The zero-order valence-corrected chi connectivity index (χ0v) is 24.4. The Balaban J connectivity index is 1.30. The molecule has 2 bridgehead atoms. The fourth-order valence-corrected chi connectivity index (χ4v) is 6.74. The maximum atomic E-state index is 14.3. The number of carbonyl (C=O) groups is 2. The standard InChI is InChI=1S/C30H26F2N6O5S/c1-17(39)3-8-28(40)38-21-12-22(38)15-37(14-21)29-23-9-18(4-6-25(23)34-16-35-29)19-10-26(30(43-2)33-13-19)36-44(41,42)27-7-5-20(31)11-24(27)32/h3-11,13,16,21-22,36H,12,14-15H2,1-2H3/b8-3+. The molecule has 1 N–H and O–H groups in total. The molecule has 2 atom stereocenters. The van der Waals surface area contributed by atoms with Crippen LogP contribution in [0.4, 0.5) is 20.3 Å². The minimum atomic E-state index is -4.46. The van der Waals surface area contributed by atoms with E-state index in [2.05, 4.69) is 24.6 Å². The molecule has 226 valence electrons. The first-order valence-electron chi connectivity index (χ1n) is 13.6. The molecule has 0 saturated carbocycles. The topological polar surface area (TPSA) is 135 Å². The minimum absolute atomic E-state index is 0.0154. The number of carbonyl (C=O) groups excluding carboxylic acids is 2. The van der Waals surface area contributed by atoms with Gasteiger partial charge in [0.15, 0.2) is 5.78 Å². The number of hydrogen-bond donors (Lipinski definition) is 1. The highest BCUT2D eigenvalue weighted by Crippen LogP contribution is 2.38. The predicted molar refractivity (Wildman–Crippen MR) is 158 cm³/mol. The van der Waals surface area contributed by atoms with Gasteiger partial charge in [0.25, 0.3) is 10.0 Å². The van der Waals surface area contributed by atoms with Gasteiger partial charge in [0.1, 0.15) is 34.4 Å². The number of sulfonamides is 1. The smallest absolute Gasteiger partial charge is 0.264 e. The molecule has 3 fully saturated rings. The predicted octanol–water partition coefficient (Wildman–Crippen LogP) is 3.71. The third-order valence-corrected chi connectivity index (χ3v) is 9.03. The van der Waals surface area contributed by atoms with Gasteiger partial charge in [-0.05, 0) is 55.3 Å². The molecular weight excluding hydrogens is 594 g/mol. The Hall–Kier alpha value is -4.98. The average Bonchev–Trinajstić information content (AvgIpc) is 2.99. The Bertz CT molecular complexity index is 1940. The second kappa shape index (κ2) is 11.3. The fourth-order valence-electron chi connectivity index (χ4n) is 5.63. The number of rotatable bonds is 8. The van der Waals surface area contributed by atoms with Crippen molar-refractivity contribution in [2.45, 2.75) is 30.3 Å². The van der Waals surface area contributed by atoms with E-state index in [-0.39, 0.29) is 35.3 Å². The number of methoxy groups -OCH3 is 1. The molecule has 14 heteroatoms. The number of benzene rings is 2. The van der Waals surface area contributed by atoms with Crippen LogP contribution in [0.25, 0.3) is 22.0 Å². The molecule has 3 aliphatic rings. The second-order valence-electron chi connectivity index (χ2n) is 10.5. The largest absolute Gasteiger partial charge is 0.480 e. The van der Waals surface area contributed by atoms with Gasteiger partial charge in [-0.15, -0.1) is 0 Å². The SMILES string of the molecule is COc1ncc(-c2ccc3ncnc(N4CC5CC(C4)N5C(=O)/C=C/C(C)=O)c3c2)cc1NS(=O)(=O)c1ccc(F)cc1F. The first kappa shape index (κ1) is 29.1. The van der Waals surface area contributed by atoms with E-state index >= 15 is 0 Å². The molecule has 4 aromatic rings. The van der Waals surface area contributed by atoms with Gasteiger partial charge < -0.3 is 14.5 Å². The summed E-state index contributed by atoms with van der Waals surface area (Å²) in [6.07, 6.45) is 6.44. The van der Waals surface area contributed by atoms with Gasteiger partial charge in [-0.1, -0.05) is 6.07 Å². The van der Waals surface area contributed by atoms with Crippen molar-refractivity contribution in [3.63, 3.8) is 0 Å². The maximum absolute atomic E-state index is 14.3. The number of hydrogen-bond acceptors (Lipinski definition) is 9. The second-order valence-corrected chi connectivity index (χ2v) is 12.2. The quantitative estimate of drug-likeness (QED) is 0.293. The van der Waals surface area contributed by atoms with Crippen LogP contribution in [0.3, 0.4) is 0 Å². The normalized spacial score (nSPS) is 17.9. The van der Waals surface area contributed by atoms with Crippen LogP contribution in [-0.2, 0) is 19.6 Å². The Kier molecular flexibility index (Phi) is 7.45. The number of anilines is 2. The number of pyridine rings is 1. The fraction of sp³-hybridized carbons (Fsp3) is 0.233. The Morgan fingerprint density at radius 3 is 2.48 bits per heavy atom. The van der Waals surface area contributed by atoms with E-state index in [0.717, 1.165) is 23.9 Å². The van der Waals surface area contributed by atoms with E-state index in [1.54, 1.807) is 11.0 Å². The van der Waals surface area contributed by atoms with Crippen molar-refractivity contribution in [3.8, 4) is 17.0 Å². The zero-order valence-electron chi connectivity index (χ0n) is 23.6. The zero-order chi connectivity index (χ0) is 31.2. The van der Waals surface area contributed by atoms with Crippen LogP contribution in [0.1, 0.15) is 13.3 Å². The highest BCUT2D eigenvalue weighted by Gasteiger charge is 2.47. The van der Waals surface area contributed by atoms with Crippen molar-refractivity contribution in [1.82, 2.24) is 19.9 Å². The Labute approximate surface area is 251 Å². The van der Waals surface area contributed by atoms with Gasteiger partial charge in [0.2, 0.25) is 11.8 Å². The van der Waals surface area contributed by atoms with Gasteiger partial charge in [-0.3, -0.25) is 14.3 Å². The maximum Gasteiger partial charge on any atom is 0.264 e. The average molecular weight is 621 g/mol. The summed E-state index contributed by atoms with van der Waals surface area (Å²) in [7, 11) is -3.14. The van der Waals surface area contributed by atoms with Gasteiger partial charge in [-0.25, -0.2) is 32.2 Å². The third-order valence-electron chi connectivity index (χ3n) is 7.63. The Morgan fingerprint density at radius 2 is 1.77 bits per heavy atom. The van der Waals surface area contributed by atoms with Crippen molar-refractivity contribution in [2.24, 2.45) is 0 Å². The summed E-state index contributed by atoms with van der Waals surface area (Å²) >= 11 is 0. The molecule has 3 aliphatic heterocycles. The van der Waals surface area contributed by atoms with Crippen LogP contribution in [0.5, 0.6) is 5.88 Å². The highest BCUT2D eigenvalue weighted by molar-refractivity contribution is 7.92. The summed E-state index contributed by atoms with van der Waals surface area (Å²) in [5.74, 6) is -1.88.